The predicted molar refractivity (Wildman–Crippen MR) is 75.4 cm³/mol. The second-order valence-corrected chi connectivity index (χ2v) is 7.41. The van der Waals surface area contributed by atoms with Crippen molar-refractivity contribution in [2.24, 2.45) is 0 Å². The zero-order valence-corrected chi connectivity index (χ0v) is 13.0. The van der Waals surface area contributed by atoms with Crippen LogP contribution < -0.4 is 5.32 Å². The molecule has 0 bridgehead atoms. The molecule has 2 rings (SSSR count). The molecule has 1 aromatic rings. The Bertz CT molecular complexity index is 550. The summed E-state index contributed by atoms with van der Waals surface area (Å²) in [6.45, 7) is 3.55. The molecule has 0 unspecified atom stereocenters. The van der Waals surface area contributed by atoms with E-state index in [0.29, 0.717) is 24.1 Å². The molecule has 1 aliphatic heterocycles. The third-order valence-corrected chi connectivity index (χ3v) is 6.18. The molecule has 0 aliphatic carbocycles. The van der Waals surface area contributed by atoms with E-state index in [1.807, 2.05) is 6.92 Å². The summed E-state index contributed by atoms with van der Waals surface area (Å²) in [5.41, 5.74) is 0. The first-order valence-corrected chi connectivity index (χ1v) is 8.21. The third-order valence-electron chi connectivity index (χ3n) is 2.87. The number of hydrogen-bond acceptors (Lipinski definition) is 3. The Balaban J connectivity index is 2.39. The van der Waals surface area contributed by atoms with E-state index in [4.69, 9.17) is 11.6 Å². The lowest BCUT2D eigenvalue weighted by Crippen LogP contribution is -2.51. The maximum atomic E-state index is 12.5. The summed E-state index contributed by atoms with van der Waals surface area (Å²) in [5.74, 6) is 0. The zero-order valence-electron chi connectivity index (χ0n) is 9.86. The summed E-state index contributed by atoms with van der Waals surface area (Å²) in [5, 5.41) is 3.45. The van der Waals surface area contributed by atoms with Gasteiger partial charge in [0.25, 0.3) is 0 Å². The van der Waals surface area contributed by atoms with Gasteiger partial charge in [0.2, 0.25) is 10.0 Å². The fourth-order valence-corrected chi connectivity index (χ4v) is 4.47. The summed E-state index contributed by atoms with van der Waals surface area (Å²) >= 11 is 9.31. The van der Waals surface area contributed by atoms with Gasteiger partial charge in [-0.05, 0) is 35.0 Å². The third kappa shape index (κ3) is 2.72. The van der Waals surface area contributed by atoms with Gasteiger partial charge in [0.1, 0.15) is 4.90 Å². The van der Waals surface area contributed by atoms with E-state index >= 15 is 0 Å². The Morgan fingerprint density at radius 2 is 2.22 bits per heavy atom. The van der Waals surface area contributed by atoms with Crippen molar-refractivity contribution >= 4 is 37.6 Å². The SMILES string of the molecule is C[C@H]1CN(S(=O)(=O)c2cccc(Br)c2Cl)CCN1. The molecule has 0 aromatic heterocycles. The van der Waals surface area contributed by atoms with Crippen LogP contribution in [0.15, 0.2) is 27.6 Å². The quantitative estimate of drug-likeness (QED) is 0.885. The van der Waals surface area contributed by atoms with Gasteiger partial charge in [-0.25, -0.2) is 8.42 Å². The van der Waals surface area contributed by atoms with Crippen molar-refractivity contribution in [3.8, 4) is 0 Å². The number of hydrogen-bond donors (Lipinski definition) is 1. The van der Waals surface area contributed by atoms with Gasteiger partial charge in [-0.15, -0.1) is 0 Å². The summed E-state index contributed by atoms with van der Waals surface area (Å²) < 4.78 is 27.1. The second kappa shape index (κ2) is 5.46. The number of sulfonamides is 1. The van der Waals surface area contributed by atoms with Crippen molar-refractivity contribution in [3.05, 3.63) is 27.7 Å². The van der Waals surface area contributed by atoms with Crippen molar-refractivity contribution in [3.63, 3.8) is 0 Å². The molecule has 1 saturated heterocycles. The monoisotopic (exact) mass is 352 g/mol. The normalized spacial score (nSPS) is 22.1. The van der Waals surface area contributed by atoms with E-state index in [9.17, 15) is 8.42 Å². The first-order valence-electron chi connectivity index (χ1n) is 5.60. The van der Waals surface area contributed by atoms with Crippen molar-refractivity contribution in [2.75, 3.05) is 19.6 Å². The van der Waals surface area contributed by atoms with Crippen LogP contribution in [0.25, 0.3) is 0 Å². The standard InChI is InChI=1S/C11H14BrClN2O2S/c1-8-7-15(6-5-14-8)18(16,17)10-4-2-3-9(12)11(10)13/h2-4,8,14H,5-7H2,1H3/t8-/m0/s1. The maximum absolute atomic E-state index is 12.5. The fourth-order valence-electron chi connectivity index (χ4n) is 1.94. The van der Waals surface area contributed by atoms with Gasteiger partial charge in [0.15, 0.2) is 0 Å². The Morgan fingerprint density at radius 3 is 2.89 bits per heavy atom. The van der Waals surface area contributed by atoms with Gasteiger partial charge < -0.3 is 5.32 Å². The highest BCUT2D eigenvalue weighted by Crippen LogP contribution is 2.31. The molecule has 1 N–H and O–H groups in total. The average molecular weight is 354 g/mol. The summed E-state index contributed by atoms with van der Waals surface area (Å²) in [6, 6.07) is 5.09. The topological polar surface area (TPSA) is 49.4 Å². The Labute approximate surface area is 120 Å². The smallest absolute Gasteiger partial charge is 0.244 e. The minimum Gasteiger partial charge on any atom is -0.312 e. The van der Waals surface area contributed by atoms with Gasteiger partial charge in [-0.3, -0.25) is 0 Å². The number of rotatable bonds is 2. The molecule has 0 spiro atoms. The molecule has 1 aliphatic rings. The van der Waals surface area contributed by atoms with E-state index in [2.05, 4.69) is 21.2 Å². The van der Waals surface area contributed by atoms with Crippen LogP contribution in [-0.4, -0.2) is 38.4 Å². The molecule has 0 radical (unpaired) electrons. The Kier molecular flexibility index (Phi) is 4.33. The minimum atomic E-state index is -3.52. The van der Waals surface area contributed by atoms with Crippen molar-refractivity contribution in [2.45, 2.75) is 17.9 Å². The van der Waals surface area contributed by atoms with Gasteiger partial charge >= 0.3 is 0 Å². The lowest BCUT2D eigenvalue weighted by molar-refractivity contribution is 0.310. The molecule has 7 heteroatoms. The predicted octanol–water partition coefficient (Wildman–Crippen LogP) is 2.08. The van der Waals surface area contributed by atoms with E-state index < -0.39 is 10.0 Å². The summed E-state index contributed by atoms with van der Waals surface area (Å²) in [7, 11) is -3.52. The lowest BCUT2D eigenvalue weighted by Gasteiger charge is -2.31. The van der Waals surface area contributed by atoms with Crippen molar-refractivity contribution < 1.29 is 8.42 Å². The van der Waals surface area contributed by atoms with Crippen LogP contribution in [0.1, 0.15) is 6.92 Å². The highest BCUT2D eigenvalue weighted by Gasteiger charge is 2.30. The largest absolute Gasteiger partial charge is 0.312 e. The number of halogens is 2. The van der Waals surface area contributed by atoms with Crippen LogP contribution in [0, 0.1) is 0 Å². The molecule has 1 aromatic carbocycles. The molecule has 100 valence electrons. The number of piperazine rings is 1. The van der Waals surface area contributed by atoms with Gasteiger partial charge in [0, 0.05) is 30.1 Å². The van der Waals surface area contributed by atoms with Gasteiger partial charge in [-0.1, -0.05) is 17.7 Å². The molecule has 4 nitrogen and oxygen atoms in total. The maximum Gasteiger partial charge on any atom is 0.244 e. The summed E-state index contributed by atoms with van der Waals surface area (Å²) in [4.78, 5) is 0.160. The van der Waals surface area contributed by atoms with E-state index in [0.717, 1.165) is 0 Å². The van der Waals surface area contributed by atoms with E-state index in [-0.39, 0.29) is 16.0 Å². The van der Waals surface area contributed by atoms with Crippen molar-refractivity contribution in [1.82, 2.24) is 9.62 Å². The minimum absolute atomic E-state index is 0.152. The number of nitrogens with zero attached hydrogens (tertiary/aromatic N) is 1. The fraction of sp³-hybridized carbons (Fsp3) is 0.455. The van der Waals surface area contributed by atoms with Crippen LogP contribution in [0.5, 0.6) is 0 Å². The Hall–Kier alpha value is -0.140. The molecule has 18 heavy (non-hydrogen) atoms. The lowest BCUT2D eigenvalue weighted by atomic mass is 10.3. The summed E-state index contributed by atoms with van der Waals surface area (Å²) in [6.07, 6.45) is 0. The van der Waals surface area contributed by atoms with Gasteiger partial charge in [-0.2, -0.15) is 4.31 Å². The van der Waals surface area contributed by atoms with E-state index in [1.54, 1.807) is 12.1 Å². The molecule has 1 heterocycles. The Morgan fingerprint density at radius 1 is 1.50 bits per heavy atom. The number of benzene rings is 1. The first-order chi connectivity index (χ1) is 8.43. The second-order valence-electron chi connectivity index (χ2n) is 4.27. The number of nitrogens with one attached hydrogen (secondary N) is 1. The molecular formula is C11H14BrClN2O2S. The first kappa shape index (κ1) is 14.3. The van der Waals surface area contributed by atoms with Crippen LogP contribution in [0.2, 0.25) is 5.02 Å². The zero-order chi connectivity index (χ0) is 13.3. The van der Waals surface area contributed by atoms with Gasteiger partial charge in [0.05, 0.1) is 5.02 Å². The highest BCUT2D eigenvalue weighted by molar-refractivity contribution is 9.10. The van der Waals surface area contributed by atoms with Crippen LogP contribution in [0.4, 0.5) is 0 Å². The van der Waals surface area contributed by atoms with Crippen LogP contribution >= 0.6 is 27.5 Å². The molecule has 1 atom stereocenters. The highest BCUT2D eigenvalue weighted by atomic mass is 79.9. The van der Waals surface area contributed by atoms with Crippen molar-refractivity contribution in [1.29, 1.82) is 0 Å². The molecule has 0 saturated carbocycles. The van der Waals surface area contributed by atoms with Crippen LogP contribution in [0.3, 0.4) is 0 Å². The van der Waals surface area contributed by atoms with E-state index in [1.165, 1.54) is 10.4 Å². The average Bonchev–Trinajstić information content (AvgIpc) is 2.32. The molecular weight excluding hydrogens is 340 g/mol. The molecule has 1 fully saturated rings. The molecule has 0 amide bonds. The van der Waals surface area contributed by atoms with Crippen LogP contribution in [-0.2, 0) is 10.0 Å².